The van der Waals surface area contributed by atoms with Crippen LogP contribution >= 0.6 is 0 Å². The Morgan fingerprint density at radius 1 is 1.41 bits per heavy atom. The third-order valence-electron chi connectivity index (χ3n) is 4.28. The summed E-state index contributed by atoms with van der Waals surface area (Å²) in [6, 6.07) is 0.984. The standard InChI is InChI=1S/C18H25N3O/c1-13(20-15-9-10-15)16-7-3-4-8-17-18(21-16)14(12-19-17)6-5-11-22-2/h12-13,15,19-20H,5-11H2,1-2H3/b21-16+. The van der Waals surface area contributed by atoms with Gasteiger partial charge in [-0.1, -0.05) is 11.8 Å². The van der Waals surface area contributed by atoms with Gasteiger partial charge in [0.25, 0.3) is 0 Å². The lowest BCUT2D eigenvalue weighted by Gasteiger charge is -2.16. The van der Waals surface area contributed by atoms with Crippen LogP contribution in [0.15, 0.2) is 11.2 Å². The molecule has 0 aromatic carbocycles. The number of aliphatic imine (C=N–C) groups is 1. The fourth-order valence-corrected chi connectivity index (χ4v) is 2.81. The number of aromatic amines is 1. The minimum atomic E-state index is 0.300. The van der Waals surface area contributed by atoms with Crippen molar-refractivity contribution in [2.24, 2.45) is 4.99 Å². The van der Waals surface area contributed by atoms with E-state index in [1.807, 2.05) is 0 Å². The second kappa shape index (κ2) is 7.13. The Morgan fingerprint density at radius 3 is 3.00 bits per heavy atom. The number of nitrogens with zero attached hydrogens (tertiary/aromatic N) is 1. The highest BCUT2D eigenvalue weighted by atomic mass is 16.5. The van der Waals surface area contributed by atoms with Gasteiger partial charge in [0, 0.05) is 44.1 Å². The largest absolute Gasteiger partial charge is 0.385 e. The van der Waals surface area contributed by atoms with E-state index in [0.717, 1.165) is 49.4 Å². The minimum absolute atomic E-state index is 0.300. The molecule has 1 aliphatic carbocycles. The van der Waals surface area contributed by atoms with Crippen molar-refractivity contribution in [3.8, 4) is 11.8 Å². The van der Waals surface area contributed by atoms with Crippen LogP contribution in [0.5, 0.6) is 0 Å². The zero-order valence-electron chi connectivity index (χ0n) is 13.5. The number of methoxy groups -OCH3 is 1. The first-order chi connectivity index (χ1) is 10.8. The zero-order valence-corrected chi connectivity index (χ0v) is 13.5. The smallest absolute Gasteiger partial charge is 0.0878 e. The van der Waals surface area contributed by atoms with Crippen molar-refractivity contribution >= 4 is 11.4 Å². The molecular formula is C18H25N3O. The SMILES string of the molecule is COCCCc1c[nH]c2c1/N=C(/C(C)NC1CC1)CC#CC2. The van der Waals surface area contributed by atoms with Crippen molar-refractivity contribution in [1.29, 1.82) is 0 Å². The van der Waals surface area contributed by atoms with Crippen LogP contribution in [0.2, 0.25) is 0 Å². The van der Waals surface area contributed by atoms with Gasteiger partial charge in [0.15, 0.2) is 0 Å². The number of hydrogen-bond donors (Lipinski definition) is 2. The average Bonchev–Trinajstić information content (AvgIpc) is 3.22. The summed E-state index contributed by atoms with van der Waals surface area (Å²) in [6.07, 6.45) is 8.22. The van der Waals surface area contributed by atoms with Crippen molar-refractivity contribution in [2.45, 2.75) is 57.5 Å². The van der Waals surface area contributed by atoms with E-state index in [9.17, 15) is 0 Å². The molecule has 3 rings (SSSR count). The van der Waals surface area contributed by atoms with Crippen LogP contribution < -0.4 is 5.32 Å². The fraction of sp³-hybridized carbons (Fsp3) is 0.611. The van der Waals surface area contributed by atoms with E-state index >= 15 is 0 Å². The number of H-pyrrole nitrogens is 1. The first-order valence-corrected chi connectivity index (χ1v) is 8.25. The molecule has 4 nitrogen and oxygen atoms in total. The van der Waals surface area contributed by atoms with E-state index in [1.54, 1.807) is 7.11 Å². The van der Waals surface area contributed by atoms with Crippen LogP contribution in [0.25, 0.3) is 0 Å². The predicted molar refractivity (Wildman–Crippen MR) is 89.8 cm³/mol. The molecule has 1 saturated carbocycles. The molecular weight excluding hydrogens is 274 g/mol. The number of rotatable bonds is 7. The lowest BCUT2D eigenvalue weighted by atomic mass is 10.1. The van der Waals surface area contributed by atoms with Crippen LogP contribution in [-0.2, 0) is 17.6 Å². The van der Waals surface area contributed by atoms with Gasteiger partial charge in [-0.3, -0.25) is 4.99 Å². The first kappa shape index (κ1) is 15.3. The highest BCUT2D eigenvalue weighted by molar-refractivity contribution is 5.94. The van der Waals surface area contributed by atoms with Crippen LogP contribution in [0.3, 0.4) is 0 Å². The van der Waals surface area contributed by atoms with Crippen LogP contribution in [0.4, 0.5) is 5.69 Å². The number of aryl methyl sites for hydroxylation is 1. The third-order valence-corrected chi connectivity index (χ3v) is 4.28. The van der Waals surface area contributed by atoms with E-state index in [2.05, 4.69) is 35.3 Å². The summed E-state index contributed by atoms with van der Waals surface area (Å²) in [4.78, 5) is 8.36. The van der Waals surface area contributed by atoms with Gasteiger partial charge in [-0.05, 0) is 38.2 Å². The van der Waals surface area contributed by atoms with E-state index in [0.29, 0.717) is 12.1 Å². The summed E-state index contributed by atoms with van der Waals surface area (Å²) < 4.78 is 5.16. The summed E-state index contributed by atoms with van der Waals surface area (Å²) in [5, 5.41) is 3.64. The molecule has 1 aromatic heterocycles. The highest BCUT2D eigenvalue weighted by Gasteiger charge is 2.25. The Hall–Kier alpha value is -1.57. The van der Waals surface area contributed by atoms with E-state index in [4.69, 9.17) is 9.73 Å². The van der Waals surface area contributed by atoms with Gasteiger partial charge in [-0.15, -0.1) is 0 Å². The molecule has 2 N–H and O–H groups in total. The fourth-order valence-electron chi connectivity index (χ4n) is 2.81. The van der Waals surface area contributed by atoms with Crippen LogP contribution in [0.1, 0.15) is 43.9 Å². The number of fused-ring (bicyclic) bond motifs is 1. The Labute approximate surface area is 132 Å². The number of nitrogens with one attached hydrogen (secondary N) is 2. The molecule has 0 spiro atoms. The molecule has 2 heterocycles. The monoisotopic (exact) mass is 299 g/mol. The number of ether oxygens (including phenoxy) is 1. The lowest BCUT2D eigenvalue weighted by Crippen LogP contribution is -2.35. The van der Waals surface area contributed by atoms with Gasteiger partial charge in [0.1, 0.15) is 0 Å². The molecule has 0 radical (unpaired) electrons. The maximum absolute atomic E-state index is 5.16. The van der Waals surface area contributed by atoms with Crippen molar-refractivity contribution in [3.63, 3.8) is 0 Å². The van der Waals surface area contributed by atoms with Crippen molar-refractivity contribution in [3.05, 3.63) is 17.5 Å². The molecule has 0 amide bonds. The Bertz CT molecular complexity index is 602. The first-order valence-electron chi connectivity index (χ1n) is 8.25. The highest BCUT2D eigenvalue weighted by Crippen LogP contribution is 2.28. The summed E-state index contributed by atoms with van der Waals surface area (Å²) >= 11 is 0. The topological polar surface area (TPSA) is 49.4 Å². The lowest BCUT2D eigenvalue weighted by molar-refractivity contribution is 0.195. The van der Waals surface area contributed by atoms with Gasteiger partial charge in [0.2, 0.25) is 0 Å². The molecule has 0 bridgehead atoms. The molecule has 1 fully saturated rings. The van der Waals surface area contributed by atoms with Crippen molar-refractivity contribution in [1.82, 2.24) is 10.3 Å². The summed E-state index contributed by atoms with van der Waals surface area (Å²) in [5.41, 5.74) is 4.71. The minimum Gasteiger partial charge on any atom is -0.385 e. The van der Waals surface area contributed by atoms with Gasteiger partial charge < -0.3 is 15.0 Å². The molecule has 1 atom stereocenters. The average molecular weight is 299 g/mol. The Balaban J connectivity index is 1.80. The maximum atomic E-state index is 5.16. The maximum Gasteiger partial charge on any atom is 0.0878 e. The second-order valence-corrected chi connectivity index (χ2v) is 6.21. The normalized spacial score (nSPS) is 20.9. The van der Waals surface area contributed by atoms with E-state index in [1.165, 1.54) is 18.4 Å². The second-order valence-electron chi connectivity index (χ2n) is 6.21. The molecule has 0 saturated heterocycles. The molecule has 2 aliphatic rings. The van der Waals surface area contributed by atoms with Crippen molar-refractivity contribution < 1.29 is 4.74 Å². The van der Waals surface area contributed by atoms with Crippen LogP contribution in [0, 0.1) is 11.8 Å². The zero-order chi connectivity index (χ0) is 15.4. The van der Waals surface area contributed by atoms with Crippen LogP contribution in [-0.4, -0.2) is 36.5 Å². The molecule has 1 unspecified atom stereocenters. The Kier molecular flexibility index (Phi) is 4.97. The molecule has 1 aromatic rings. The summed E-state index contributed by atoms with van der Waals surface area (Å²) in [7, 11) is 1.75. The molecule has 118 valence electrons. The quantitative estimate of drug-likeness (QED) is 0.601. The number of aromatic nitrogens is 1. The predicted octanol–water partition coefficient (Wildman–Crippen LogP) is 2.76. The summed E-state index contributed by atoms with van der Waals surface area (Å²) in [5.74, 6) is 6.52. The summed E-state index contributed by atoms with van der Waals surface area (Å²) in [6.45, 7) is 2.99. The van der Waals surface area contributed by atoms with Gasteiger partial charge >= 0.3 is 0 Å². The van der Waals surface area contributed by atoms with E-state index < -0.39 is 0 Å². The molecule has 22 heavy (non-hydrogen) atoms. The molecule has 1 aliphatic heterocycles. The van der Waals surface area contributed by atoms with Crippen molar-refractivity contribution in [2.75, 3.05) is 13.7 Å². The van der Waals surface area contributed by atoms with Gasteiger partial charge in [0.05, 0.1) is 17.8 Å². The number of hydrogen-bond acceptors (Lipinski definition) is 3. The van der Waals surface area contributed by atoms with Gasteiger partial charge in [-0.2, -0.15) is 0 Å². The third kappa shape index (κ3) is 3.79. The van der Waals surface area contributed by atoms with Gasteiger partial charge in [-0.25, -0.2) is 0 Å². The molecule has 4 heteroatoms. The Morgan fingerprint density at radius 2 is 2.23 bits per heavy atom. The van der Waals surface area contributed by atoms with E-state index in [-0.39, 0.29) is 0 Å².